The van der Waals surface area contributed by atoms with Gasteiger partial charge in [-0.1, -0.05) is 12.1 Å². The van der Waals surface area contributed by atoms with Crippen LogP contribution in [0.3, 0.4) is 0 Å². The SMILES string of the molecule is CCOC(=O)C(=O)c1cccc(OC2CCOCC2)c1. The van der Waals surface area contributed by atoms with Crippen molar-refractivity contribution in [3.63, 3.8) is 0 Å². The van der Waals surface area contributed by atoms with E-state index in [1.165, 1.54) is 0 Å². The molecule has 5 heteroatoms. The molecule has 1 heterocycles. The summed E-state index contributed by atoms with van der Waals surface area (Å²) in [5.41, 5.74) is 0.285. The molecule has 5 nitrogen and oxygen atoms in total. The molecule has 0 aliphatic carbocycles. The van der Waals surface area contributed by atoms with Crippen LogP contribution in [0.4, 0.5) is 0 Å². The van der Waals surface area contributed by atoms with Gasteiger partial charge in [0.2, 0.25) is 0 Å². The zero-order valence-electron chi connectivity index (χ0n) is 11.5. The van der Waals surface area contributed by atoms with E-state index in [4.69, 9.17) is 14.2 Å². The Labute approximate surface area is 117 Å². The smallest absolute Gasteiger partial charge is 0.379 e. The minimum atomic E-state index is -0.837. The molecule has 20 heavy (non-hydrogen) atoms. The van der Waals surface area contributed by atoms with Gasteiger partial charge in [0.15, 0.2) is 0 Å². The quantitative estimate of drug-likeness (QED) is 0.468. The second-order valence-corrected chi connectivity index (χ2v) is 4.51. The Kier molecular flexibility index (Phi) is 5.12. The molecular formula is C15H18O5. The van der Waals surface area contributed by atoms with Gasteiger partial charge in [-0.05, 0) is 19.1 Å². The highest BCUT2D eigenvalue weighted by Crippen LogP contribution is 2.19. The predicted molar refractivity (Wildman–Crippen MR) is 71.9 cm³/mol. The molecule has 1 fully saturated rings. The van der Waals surface area contributed by atoms with Crippen LogP contribution in [0.2, 0.25) is 0 Å². The first-order chi connectivity index (χ1) is 9.70. The largest absolute Gasteiger partial charge is 0.490 e. The van der Waals surface area contributed by atoms with Crippen molar-refractivity contribution in [2.75, 3.05) is 19.8 Å². The molecule has 1 aromatic carbocycles. The highest BCUT2D eigenvalue weighted by Gasteiger charge is 2.19. The standard InChI is InChI=1S/C15H18O5/c1-2-19-15(17)14(16)11-4-3-5-13(10-11)20-12-6-8-18-9-7-12/h3-5,10,12H,2,6-9H2,1H3. The van der Waals surface area contributed by atoms with E-state index in [1.807, 2.05) is 0 Å². The van der Waals surface area contributed by atoms with Crippen LogP contribution >= 0.6 is 0 Å². The molecule has 0 spiro atoms. The summed E-state index contributed by atoms with van der Waals surface area (Å²) in [4.78, 5) is 23.2. The van der Waals surface area contributed by atoms with Crippen LogP contribution in [0.25, 0.3) is 0 Å². The van der Waals surface area contributed by atoms with Crippen LogP contribution in [0.15, 0.2) is 24.3 Å². The molecule has 0 bridgehead atoms. The molecule has 0 aromatic heterocycles. The van der Waals surface area contributed by atoms with E-state index in [9.17, 15) is 9.59 Å². The second kappa shape index (κ2) is 7.05. The van der Waals surface area contributed by atoms with Crippen molar-refractivity contribution in [3.05, 3.63) is 29.8 Å². The third kappa shape index (κ3) is 3.81. The van der Waals surface area contributed by atoms with Crippen LogP contribution in [-0.4, -0.2) is 37.7 Å². The van der Waals surface area contributed by atoms with Gasteiger partial charge in [0.05, 0.1) is 19.8 Å². The minimum absolute atomic E-state index is 0.0942. The van der Waals surface area contributed by atoms with Crippen molar-refractivity contribution < 1.29 is 23.8 Å². The van der Waals surface area contributed by atoms with Gasteiger partial charge in [0.25, 0.3) is 5.78 Å². The van der Waals surface area contributed by atoms with E-state index < -0.39 is 11.8 Å². The van der Waals surface area contributed by atoms with E-state index in [0.717, 1.165) is 12.8 Å². The molecule has 1 aromatic rings. The number of rotatable bonds is 5. The first-order valence-electron chi connectivity index (χ1n) is 6.76. The van der Waals surface area contributed by atoms with E-state index in [1.54, 1.807) is 31.2 Å². The average molecular weight is 278 g/mol. The van der Waals surface area contributed by atoms with E-state index in [2.05, 4.69) is 0 Å². The molecule has 108 valence electrons. The number of carbonyl (C=O) groups excluding carboxylic acids is 2. The molecule has 0 atom stereocenters. The summed E-state index contributed by atoms with van der Waals surface area (Å²) in [5, 5.41) is 0. The Morgan fingerprint density at radius 3 is 2.75 bits per heavy atom. The molecule has 0 radical (unpaired) electrons. The lowest BCUT2D eigenvalue weighted by atomic mass is 10.1. The number of ketones is 1. The summed E-state index contributed by atoms with van der Waals surface area (Å²) in [6.45, 7) is 3.22. The number of Topliss-reactive ketones (excluding diaryl/α,β-unsaturated/α-hetero) is 1. The first-order valence-corrected chi connectivity index (χ1v) is 6.76. The average Bonchev–Trinajstić information content (AvgIpc) is 2.48. The topological polar surface area (TPSA) is 61.8 Å². The maximum atomic E-state index is 11.8. The Bertz CT molecular complexity index is 477. The second-order valence-electron chi connectivity index (χ2n) is 4.51. The van der Waals surface area contributed by atoms with Crippen molar-refractivity contribution in [1.29, 1.82) is 0 Å². The van der Waals surface area contributed by atoms with Gasteiger partial charge in [-0.15, -0.1) is 0 Å². The third-order valence-electron chi connectivity index (χ3n) is 3.03. The molecule has 0 N–H and O–H groups in total. The molecule has 0 unspecified atom stereocenters. The molecule has 1 saturated heterocycles. The Balaban J connectivity index is 2.03. The number of hydrogen-bond acceptors (Lipinski definition) is 5. The fourth-order valence-electron chi connectivity index (χ4n) is 2.01. The normalized spacial score (nSPS) is 15.7. The fraction of sp³-hybridized carbons (Fsp3) is 0.467. The summed E-state index contributed by atoms with van der Waals surface area (Å²) in [7, 11) is 0. The van der Waals surface area contributed by atoms with Gasteiger partial charge in [-0.2, -0.15) is 0 Å². The summed E-state index contributed by atoms with van der Waals surface area (Å²) >= 11 is 0. The van der Waals surface area contributed by atoms with Gasteiger partial charge in [0, 0.05) is 18.4 Å². The molecular weight excluding hydrogens is 260 g/mol. The van der Waals surface area contributed by atoms with Gasteiger partial charge in [-0.25, -0.2) is 4.79 Å². The predicted octanol–water partition coefficient (Wildman–Crippen LogP) is 1.99. The Morgan fingerprint density at radius 2 is 2.05 bits per heavy atom. The third-order valence-corrected chi connectivity index (χ3v) is 3.03. The number of ether oxygens (including phenoxy) is 3. The molecule has 0 saturated carbocycles. The number of benzene rings is 1. The Hall–Kier alpha value is -1.88. The number of carbonyl (C=O) groups is 2. The van der Waals surface area contributed by atoms with E-state index in [-0.39, 0.29) is 18.3 Å². The van der Waals surface area contributed by atoms with Crippen molar-refractivity contribution in [2.24, 2.45) is 0 Å². The van der Waals surface area contributed by atoms with Crippen molar-refractivity contribution in [2.45, 2.75) is 25.9 Å². The minimum Gasteiger partial charge on any atom is -0.490 e. The zero-order chi connectivity index (χ0) is 14.4. The van der Waals surface area contributed by atoms with Gasteiger partial charge < -0.3 is 14.2 Å². The van der Waals surface area contributed by atoms with Gasteiger partial charge in [0.1, 0.15) is 11.9 Å². The maximum Gasteiger partial charge on any atom is 0.379 e. The first kappa shape index (κ1) is 14.5. The van der Waals surface area contributed by atoms with Crippen LogP contribution in [0, 0.1) is 0 Å². The van der Waals surface area contributed by atoms with Crippen molar-refractivity contribution in [3.8, 4) is 5.75 Å². The van der Waals surface area contributed by atoms with E-state index in [0.29, 0.717) is 19.0 Å². The van der Waals surface area contributed by atoms with E-state index >= 15 is 0 Å². The fourth-order valence-corrected chi connectivity index (χ4v) is 2.01. The summed E-state index contributed by atoms with van der Waals surface area (Å²) in [6, 6.07) is 6.63. The molecule has 0 amide bonds. The molecule has 1 aliphatic rings. The maximum absolute atomic E-state index is 11.8. The van der Waals surface area contributed by atoms with Gasteiger partial charge >= 0.3 is 5.97 Å². The summed E-state index contributed by atoms with van der Waals surface area (Å²) < 4.78 is 15.8. The van der Waals surface area contributed by atoms with Crippen LogP contribution in [0.5, 0.6) is 5.75 Å². The lowest BCUT2D eigenvalue weighted by Crippen LogP contribution is -2.26. The Morgan fingerprint density at radius 1 is 1.30 bits per heavy atom. The summed E-state index contributed by atoms with van der Waals surface area (Å²) in [6.07, 6.45) is 1.75. The van der Waals surface area contributed by atoms with Crippen molar-refractivity contribution >= 4 is 11.8 Å². The van der Waals surface area contributed by atoms with Crippen LogP contribution in [0.1, 0.15) is 30.1 Å². The molecule has 1 aliphatic heterocycles. The highest BCUT2D eigenvalue weighted by molar-refractivity contribution is 6.40. The lowest BCUT2D eigenvalue weighted by Gasteiger charge is -2.23. The van der Waals surface area contributed by atoms with Crippen LogP contribution in [-0.2, 0) is 14.3 Å². The van der Waals surface area contributed by atoms with Crippen LogP contribution < -0.4 is 4.74 Å². The lowest BCUT2D eigenvalue weighted by molar-refractivity contribution is -0.137. The number of esters is 1. The van der Waals surface area contributed by atoms with Crippen molar-refractivity contribution in [1.82, 2.24) is 0 Å². The number of hydrogen-bond donors (Lipinski definition) is 0. The highest BCUT2D eigenvalue weighted by atomic mass is 16.5. The summed E-state index contributed by atoms with van der Waals surface area (Å²) in [5.74, 6) is -0.896. The monoisotopic (exact) mass is 278 g/mol. The molecule has 2 rings (SSSR count). The zero-order valence-corrected chi connectivity index (χ0v) is 11.5. The van der Waals surface area contributed by atoms with Gasteiger partial charge in [-0.3, -0.25) is 4.79 Å².